The number of carbonyl (C=O) groups excluding carboxylic acids is 1. The van der Waals surface area contributed by atoms with E-state index < -0.39 is 5.97 Å². The van der Waals surface area contributed by atoms with Crippen molar-refractivity contribution >= 4 is 29.2 Å². The monoisotopic (exact) mass is 282 g/mol. The lowest BCUT2D eigenvalue weighted by atomic mass is 9.97. The Labute approximate surface area is 116 Å². The number of rotatable bonds is 3. The number of hydrogen-bond donors (Lipinski definition) is 3. The highest BCUT2D eigenvalue weighted by Crippen LogP contribution is 2.22. The molecule has 3 N–H and O–H groups in total. The van der Waals surface area contributed by atoms with E-state index in [9.17, 15) is 9.59 Å². The van der Waals surface area contributed by atoms with Crippen molar-refractivity contribution in [1.29, 1.82) is 0 Å². The molecule has 1 saturated heterocycles. The molecule has 6 heteroatoms. The molecule has 1 fully saturated rings. The van der Waals surface area contributed by atoms with Gasteiger partial charge in [0.05, 0.1) is 10.6 Å². The lowest BCUT2D eigenvalue weighted by molar-refractivity contribution is -0.120. The fourth-order valence-electron chi connectivity index (χ4n) is 2.09. The molecule has 0 atom stereocenters. The Morgan fingerprint density at radius 3 is 2.58 bits per heavy atom. The zero-order valence-electron chi connectivity index (χ0n) is 10.3. The Hall–Kier alpha value is -1.59. The molecule has 0 saturated carbocycles. The molecule has 102 valence electrons. The summed E-state index contributed by atoms with van der Waals surface area (Å²) in [6.45, 7) is 1.69. The van der Waals surface area contributed by atoms with Gasteiger partial charge in [-0.2, -0.15) is 0 Å². The van der Waals surface area contributed by atoms with Crippen LogP contribution in [0.25, 0.3) is 0 Å². The van der Waals surface area contributed by atoms with Gasteiger partial charge in [0.1, 0.15) is 0 Å². The van der Waals surface area contributed by atoms with Crippen LogP contribution in [0, 0.1) is 5.92 Å². The second-order valence-electron chi connectivity index (χ2n) is 4.51. The Kier molecular flexibility index (Phi) is 4.39. The Bertz CT molecular complexity index is 499. The first-order chi connectivity index (χ1) is 9.08. The summed E-state index contributed by atoms with van der Waals surface area (Å²) in [5, 5.41) is 15.0. The van der Waals surface area contributed by atoms with Crippen molar-refractivity contribution < 1.29 is 14.7 Å². The topological polar surface area (TPSA) is 78.4 Å². The molecule has 1 aromatic rings. The van der Waals surface area contributed by atoms with Crippen molar-refractivity contribution in [2.75, 3.05) is 18.4 Å². The highest BCUT2D eigenvalue weighted by atomic mass is 35.5. The average Bonchev–Trinajstić information content (AvgIpc) is 2.39. The maximum atomic E-state index is 12.0. The van der Waals surface area contributed by atoms with Crippen LogP contribution < -0.4 is 10.6 Å². The smallest absolute Gasteiger partial charge is 0.337 e. The summed E-state index contributed by atoms with van der Waals surface area (Å²) < 4.78 is 0. The predicted molar refractivity (Wildman–Crippen MR) is 72.6 cm³/mol. The van der Waals surface area contributed by atoms with Crippen LogP contribution in [0.1, 0.15) is 23.2 Å². The van der Waals surface area contributed by atoms with Crippen LogP contribution in [0.15, 0.2) is 18.2 Å². The highest BCUT2D eigenvalue weighted by Gasteiger charge is 2.21. The zero-order valence-corrected chi connectivity index (χ0v) is 11.0. The molecule has 1 amide bonds. The summed E-state index contributed by atoms with van der Waals surface area (Å²) in [7, 11) is 0. The summed E-state index contributed by atoms with van der Waals surface area (Å²) in [5.74, 6) is -1.12. The van der Waals surface area contributed by atoms with Crippen molar-refractivity contribution in [2.45, 2.75) is 12.8 Å². The zero-order chi connectivity index (χ0) is 13.8. The number of anilines is 1. The second-order valence-corrected chi connectivity index (χ2v) is 4.92. The van der Waals surface area contributed by atoms with E-state index in [-0.39, 0.29) is 22.4 Å². The van der Waals surface area contributed by atoms with Crippen LogP contribution in [0.4, 0.5) is 5.69 Å². The van der Waals surface area contributed by atoms with Crippen LogP contribution in [0.3, 0.4) is 0 Å². The van der Waals surface area contributed by atoms with E-state index in [4.69, 9.17) is 16.7 Å². The van der Waals surface area contributed by atoms with Crippen molar-refractivity contribution in [3.63, 3.8) is 0 Å². The standard InChI is InChI=1S/C13H15ClN2O3/c14-11-7-9(1-2-10(11)13(18)19)16-12(17)8-3-5-15-6-4-8/h1-2,7-8,15H,3-6H2,(H,16,17)(H,18,19). The SMILES string of the molecule is O=C(O)c1ccc(NC(=O)C2CCNCC2)cc1Cl. The summed E-state index contributed by atoms with van der Waals surface area (Å²) in [6, 6.07) is 4.40. The van der Waals surface area contributed by atoms with E-state index in [2.05, 4.69) is 10.6 Å². The van der Waals surface area contributed by atoms with Crippen LogP contribution in [-0.2, 0) is 4.79 Å². The molecular weight excluding hydrogens is 268 g/mol. The number of carboxylic acid groups (broad SMARTS) is 1. The van der Waals surface area contributed by atoms with Gasteiger partial charge < -0.3 is 15.7 Å². The summed E-state index contributed by atoms with van der Waals surface area (Å²) in [6.07, 6.45) is 1.62. The largest absolute Gasteiger partial charge is 0.478 e. The lowest BCUT2D eigenvalue weighted by Crippen LogP contribution is -2.34. The molecule has 0 aliphatic carbocycles. The van der Waals surface area contributed by atoms with Gasteiger partial charge >= 0.3 is 5.97 Å². The number of aromatic carboxylic acids is 1. The van der Waals surface area contributed by atoms with E-state index in [1.165, 1.54) is 12.1 Å². The maximum absolute atomic E-state index is 12.0. The van der Waals surface area contributed by atoms with Gasteiger partial charge in [-0.1, -0.05) is 11.6 Å². The number of halogens is 1. The number of hydrogen-bond acceptors (Lipinski definition) is 3. The average molecular weight is 283 g/mol. The Morgan fingerprint density at radius 2 is 2.00 bits per heavy atom. The number of benzene rings is 1. The highest BCUT2D eigenvalue weighted by molar-refractivity contribution is 6.33. The van der Waals surface area contributed by atoms with Crippen molar-refractivity contribution in [3.05, 3.63) is 28.8 Å². The summed E-state index contributed by atoms with van der Waals surface area (Å²) >= 11 is 5.85. The van der Waals surface area contributed by atoms with Crippen LogP contribution in [-0.4, -0.2) is 30.1 Å². The summed E-state index contributed by atoms with van der Waals surface area (Å²) in [4.78, 5) is 22.8. The molecule has 1 aliphatic heterocycles. The van der Waals surface area contributed by atoms with Crippen molar-refractivity contribution in [3.8, 4) is 0 Å². The van der Waals surface area contributed by atoms with E-state index in [1.807, 2.05) is 0 Å². The minimum absolute atomic E-state index is 0.000763. The molecule has 0 unspecified atom stereocenters. The predicted octanol–water partition coefficient (Wildman–Crippen LogP) is 1.98. The molecule has 0 bridgehead atoms. The van der Waals surface area contributed by atoms with Crippen LogP contribution in [0.5, 0.6) is 0 Å². The molecule has 1 aromatic carbocycles. The van der Waals surface area contributed by atoms with Gasteiger partial charge in [-0.05, 0) is 44.1 Å². The molecule has 5 nitrogen and oxygen atoms in total. The van der Waals surface area contributed by atoms with Gasteiger partial charge in [-0.25, -0.2) is 4.79 Å². The van der Waals surface area contributed by atoms with E-state index in [1.54, 1.807) is 6.07 Å². The van der Waals surface area contributed by atoms with Gasteiger partial charge in [0.15, 0.2) is 0 Å². The van der Waals surface area contributed by atoms with Gasteiger partial charge in [0.25, 0.3) is 0 Å². The first kappa shape index (κ1) is 13.8. The normalized spacial score (nSPS) is 16.1. The first-order valence-corrected chi connectivity index (χ1v) is 6.50. The quantitative estimate of drug-likeness (QED) is 0.792. The number of piperidine rings is 1. The Morgan fingerprint density at radius 1 is 1.32 bits per heavy atom. The minimum Gasteiger partial charge on any atom is -0.478 e. The third-order valence-electron chi connectivity index (χ3n) is 3.18. The molecule has 2 rings (SSSR count). The van der Waals surface area contributed by atoms with Crippen molar-refractivity contribution in [1.82, 2.24) is 5.32 Å². The third-order valence-corrected chi connectivity index (χ3v) is 3.49. The molecule has 0 spiro atoms. The molecule has 19 heavy (non-hydrogen) atoms. The Balaban J connectivity index is 2.04. The number of carbonyl (C=O) groups is 2. The molecular formula is C13H15ClN2O3. The lowest BCUT2D eigenvalue weighted by Gasteiger charge is -2.21. The third kappa shape index (κ3) is 3.45. The van der Waals surface area contributed by atoms with E-state index >= 15 is 0 Å². The van der Waals surface area contributed by atoms with E-state index in [0.29, 0.717) is 5.69 Å². The fraction of sp³-hybridized carbons (Fsp3) is 0.385. The maximum Gasteiger partial charge on any atom is 0.337 e. The molecule has 1 heterocycles. The number of nitrogens with one attached hydrogen (secondary N) is 2. The number of carboxylic acids is 1. The fourth-order valence-corrected chi connectivity index (χ4v) is 2.36. The molecule has 0 aromatic heterocycles. The van der Waals surface area contributed by atoms with Crippen LogP contribution >= 0.6 is 11.6 Å². The summed E-state index contributed by atoms with van der Waals surface area (Å²) in [5.41, 5.74) is 0.556. The number of amides is 1. The van der Waals surface area contributed by atoms with Crippen LogP contribution in [0.2, 0.25) is 5.02 Å². The molecule has 1 aliphatic rings. The molecule has 0 radical (unpaired) electrons. The van der Waals surface area contributed by atoms with Crippen molar-refractivity contribution in [2.24, 2.45) is 5.92 Å². The van der Waals surface area contributed by atoms with Gasteiger partial charge in [-0.3, -0.25) is 4.79 Å². The van der Waals surface area contributed by atoms with E-state index in [0.717, 1.165) is 25.9 Å². The second kappa shape index (κ2) is 6.04. The minimum atomic E-state index is -1.08. The van der Waals surface area contributed by atoms with Gasteiger partial charge in [0, 0.05) is 11.6 Å². The van der Waals surface area contributed by atoms with Gasteiger partial charge in [-0.15, -0.1) is 0 Å². The first-order valence-electron chi connectivity index (χ1n) is 6.12. The van der Waals surface area contributed by atoms with Gasteiger partial charge in [0.2, 0.25) is 5.91 Å².